The number of fused-ring (bicyclic) bond motifs is 1. The zero-order chi connectivity index (χ0) is 15.0. The molecule has 0 aliphatic heterocycles. The van der Waals surface area contributed by atoms with Gasteiger partial charge in [-0.3, -0.25) is 0 Å². The smallest absolute Gasteiger partial charge is 0.159 e. The second-order valence-corrected chi connectivity index (χ2v) is 5.44. The van der Waals surface area contributed by atoms with Crippen molar-refractivity contribution in [3.8, 4) is 0 Å². The first-order chi connectivity index (χ1) is 10.1. The van der Waals surface area contributed by atoms with Crippen LogP contribution < -0.4 is 5.32 Å². The van der Waals surface area contributed by atoms with Gasteiger partial charge in [-0.2, -0.15) is 0 Å². The molecule has 2 N–H and O–H groups in total. The Morgan fingerprint density at radius 3 is 2.43 bits per heavy atom. The van der Waals surface area contributed by atoms with Gasteiger partial charge in [0, 0.05) is 5.92 Å². The summed E-state index contributed by atoms with van der Waals surface area (Å²) in [4.78, 5) is 0. The van der Waals surface area contributed by atoms with Crippen molar-refractivity contribution in [1.29, 1.82) is 0 Å². The highest BCUT2D eigenvalue weighted by molar-refractivity contribution is 5.41. The minimum atomic E-state index is -0.849. The molecule has 0 radical (unpaired) electrons. The Bertz CT molecular complexity index is 659. The highest BCUT2D eigenvalue weighted by Gasteiger charge is 2.38. The maximum absolute atomic E-state index is 13.3. The zero-order valence-electron chi connectivity index (χ0n) is 11.7. The molecule has 21 heavy (non-hydrogen) atoms. The van der Waals surface area contributed by atoms with E-state index in [1.807, 2.05) is 31.3 Å². The Morgan fingerprint density at radius 2 is 1.76 bits per heavy atom. The monoisotopic (exact) mass is 289 g/mol. The van der Waals surface area contributed by atoms with Gasteiger partial charge in [0.2, 0.25) is 0 Å². The molecule has 0 saturated heterocycles. The molecule has 0 fully saturated rings. The molecule has 3 atom stereocenters. The lowest BCUT2D eigenvalue weighted by Gasteiger charge is -2.20. The fourth-order valence-electron chi connectivity index (χ4n) is 3.21. The average molecular weight is 289 g/mol. The van der Waals surface area contributed by atoms with Crippen LogP contribution in [0, 0.1) is 11.6 Å². The van der Waals surface area contributed by atoms with E-state index in [1.165, 1.54) is 6.07 Å². The fraction of sp³-hybridized carbons (Fsp3) is 0.294. The molecule has 2 aromatic carbocycles. The second-order valence-electron chi connectivity index (χ2n) is 5.44. The molecule has 1 aliphatic carbocycles. The van der Waals surface area contributed by atoms with Gasteiger partial charge in [0.15, 0.2) is 11.6 Å². The number of aliphatic hydroxyl groups is 1. The van der Waals surface area contributed by atoms with Crippen LogP contribution in [0.4, 0.5) is 8.78 Å². The van der Waals surface area contributed by atoms with E-state index in [4.69, 9.17) is 0 Å². The van der Waals surface area contributed by atoms with Crippen LogP contribution in [0.5, 0.6) is 0 Å². The van der Waals surface area contributed by atoms with E-state index in [9.17, 15) is 13.9 Å². The van der Waals surface area contributed by atoms with Crippen molar-refractivity contribution >= 4 is 0 Å². The van der Waals surface area contributed by atoms with Crippen LogP contribution in [0.1, 0.15) is 28.7 Å². The van der Waals surface area contributed by atoms with Crippen LogP contribution in [-0.2, 0) is 6.42 Å². The fourth-order valence-corrected chi connectivity index (χ4v) is 3.21. The summed E-state index contributed by atoms with van der Waals surface area (Å²) in [5, 5.41) is 13.6. The predicted octanol–water partition coefficient (Wildman–Crippen LogP) is 2.93. The number of hydrogen-bond donors (Lipinski definition) is 2. The number of nitrogens with one attached hydrogen (secondary N) is 1. The molecule has 1 aliphatic rings. The van der Waals surface area contributed by atoms with Gasteiger partial charge in [-0.25, -0.2) is 8.78 Å². The summed E-state index contributed by atoms with van der Waals surface area (Å²) in [5.41, 5.74) is 2.82. The topological polar surface area (TPSA) is 32.3 Å². The molecule has 110 valence electrons. The van der Waals surface area contributed by atoms with E-state index in [0.29, 0.717) is 12.0 Å². The molecular formula is C17H17F2NO. The standard InChI is InChI=1S/C17H17F2NO/c1-20-16-12-5-3-2-4-11(12)13(17(16)21)8-10-6-7-14(18)15(19)9-10/h2-7,9,13,16-17,20-21H,8H2,1H3/t13-,16+,17?/m0/s1. The van der Waals surface area contributed by atoms with Gasteiger partial charge in [0.1, 0.15) is 0 Å². The minimum Gasteiger partial charge on any atom is -0.390 e. The molecule has 1 unspecified atom stereocenters. The van der Waals surface area contributed by atoms with E-state index in [0.717, 1.165) is 17.2 Å². The van der Waals surface area contributed by atoms with E-state index in [-0.39, 0.29) is 12.0 Å². The number of hydrogen-bond acceptors (Lipinski definition) is 2. The largest absolute Gasteiger partial charge is 0.390 e. The van der Waals surface area contributed by atoms with Crippen molar-refractivity contribution in [2.75, 3.05) is 7.05 Å². The molecule has 2 nitrogen and oxygen atoms in total. The van der Waals surface area contributed by atoms with Crippen LogP contribution in [-0.4, -0.2) is 18.3 Å². The molecule has 0 saturated carbocycles. The number of aliphatic hydroxyl groups excluding tert-OH is 1. The SMILES string of the molecule is CN[C@@H]1c2ccccc2[C@H](Cc2ccc(F)c(F)c2)C1O. The molecular weight excluding hydrogens is 272 g/mol. The molecule has 0 bridgehead atoms. The predicted molar refractivity (Wildman–Crippen MR) is 77.1 cm³/mol. The first-order valence-electron chi connectivity index (χ1n) is 7.00. The lowest BCUT2D eigenvalue weighted by Crippen LogP contribution is -2.28. The van der Waals surface area contributed by atoms with Gasteiger partial charge in [0.25, 0.3) is 0 Å². The third kappa shape index (κ3) is 2.45. The molecule has 0 aromatic heterocycles. The van der Waals surface area contributed by atoms with Crippen molar-refractivity contribution < 1.29 is 13.9 Å². The van der Waals surface area contributed by atoms with Crippen LogP contribution in [0.3, 0.4) is 0 Å². The van der Waals surface area contributed by atoms with E-state index < -0.39 is 17.7 Å². The van der Waals surface area contributed by atoms with Crippen LogP contribution in [0.2, 0.25) is 0 Å². The quantitative estimate of drug-likeness (QED) is 0.910. The first-order valence-corrected chi connectivity index (χ1v) is 7.00. The summed E-state index contributed by atoms with van der Waals surface area (Å²) in [6.07, 6.45) is -0.103. The summed E-state index contributed by atoms with van der Waals surface area (Å²) in [5.74, 6) is -1.82. The van der Waals surface area contributed by atoms with Crippen LogP contribution in [0.15, 0.2) is 42.5 Å². The normalized spacial score (nSPS) is 24.1. The Balaban J connectivity index is 1.93. The van der Waals surface area contributed by atoms with Gasteiger partial charge in [-0.05, 0) is 42.3 Å². The van der Waals surface area contributed by atoms with Gasteiger partial charge in [-0.1, -0.05) is 30.3 Å². The Labute approximate surface area is 122 Å². The third-order valence-corrected chi connectivity index (χ3v) is 4.23. The number of halogens is 2. The maximum Gasteiger partial charge on any atom is 0.159 e. The van der Waals surface area contributed by atoms with E-state index >= 15 is 0 Å². The van der Waals surface area contributed by atoms with Gasteiger partial charge in [-0.15, -0.1) is 0 Å². The molecule has 4 heteroatoms. The number of rotatable bonds is 3. The minimum absolute atomic E-state index is 0.122. The highest BCUT2D eigenvalue weighted by Crippen LogP contribution is 2.42. The molecule has 2 aromatic rings. The third-order valence-electron chi connectivity index (χ3n) is 4.23. The Hall–Kier alpha value is -1.78. The molecule has 0 amide bonds. The summed E-state index contributed by atoms with van der Waals surface area (Å²) < 4.78 is 26.3. The van der Waals surface area contributed by atoms with Gasteiger partial charge >= 0.3 is 0 Å². The van der Waals surface area contributed by atoms with Gasteiger partial charge < -0.3 is 10.4 Å². The second kappa shape index (κ2) is 5.54. The summed E-state index contributed by atoms with van der Waals surface area (Å²) in [6, 6.07) is 11.6. The molecule has 0 spiro atoms. The van der Waals surface area contributed by atoms with Crippen LogP contribution in [0.25, 0.3) is 0 Å². The van der Waals surface area contributed by atoms with Gasteiger partial charge in [0.05, 0.1) is 12.1 Å². The van der Waals surface area contributed by atoms with Crippen molar-refractivity contribution in [2.45, 2.75) is 24.5 Å². The lowest BCUT2D eigenvalue weighted by atomic mass is 9.92. The number of benzene rings is 2. The maximum atomic E-state index is 13.3. The Kier molecular flexibility index (Phi) is 3.74. The lowest BCUT2D eigenvalue weighted by molar-refractivity contribution is 0.118. The Morgan fingerprint density at radius 1 is 1.05 bits per heavy atom. The van der Waals surface area contributed by atoms with E-state index in [1.54, 1.807) is 6.07 Å². The zero-order valence-corrected chi connectivity index (χ0v) is 11.7. The van der Waals surface area contributed by atoms with Crippen molar-refractivity contribution in [3.05, 3.63) is 70.8 Å². The summed E-state index contributed by atoms with van der Waals surface area (Å²) >= 11 is 0. The summed E-state index contributed by atoms with van der Waals surface area (Å²) in [7, 11) is 1.81. The average Bonchev–Trinajstić information content (AvgIpc) is 2.75. The van der Waals surface area contributed by atoms with E-state index in [2.05, 4.69) is 5.32 Å². The molecule has 3 rings (SSSR count). The molecule has 0 heterocycles. The highest BCUT2D eigenvalue weighted by atomic mass is 19.2. The van der Waals surface area contributed by atoms with Crippen molar-refractivity contribution in [3.63, 3.8) is 0 Å². The van der Waals surface area contributed by atoms with Crippen molar-refractivity contribution in [2.24, 2.45) is 0 Å². The van der Waals surface area contributed by atoms with Crippen molar-refractivity contribution in [1.82, 2.24) is 5.32 Å². The number of likely N-dealkylation sites (N-methyl/N-ethyl adjacent to an activating group) is 1. The first kappa shape index (κ1) is 14.2. The summed E-state index contributed by atoms with van der Waals surface area (Å²) in [6.45, 7) is 0. The van der Waals surface area contributed by atoms with Crippen LogP contribution >= 0.6 is 0 Å².